The fourth-order valence-corrected chi connectivity index (χ4v) is 2.22. The molecular formula is C18H23NO. The Balaban J connectivity index is 2.28. The minimum atomic E-state index is -0.102. The van der Waals surface area contributed by atoms with Crippen LogP contribution in [0.1, 0.15) is 33.9 Å². The van der Waals surface area contributed by atoms with E-state index in [0.29, 0.717) is 6.54 Å². The van der Waals surface area contributed by atoms with Crippen molar-refractivity contribution in [1.82, 2.24) is 0 Å². The van der Waals surface area contributed by atoms with Gasteiger partial charge in [0.2, 0.25) is 0 Å². The van der Waals surface area contributed by atoms with Crippen molar-refractivity contribution in [2.45, 2.75) is 33.8 Å². The van der Waals surface area contributed by atoms with Gasteiger partial charge in [-0.1, -0.05) is 30.3 Å². The predicted octanol–water partition coefficient (Wildman–Crippen LogP) is 4.00. The lowest BCUT2D eigenvalue weighted by Crippen LogP contribution is -2.19. The molecule has 0 saturated carbocycles. The molecule has 0 bridgehead atoms. The molecule has 2 nitrogen and oxygen atoms in total. The van der Waals surface area contributed by atoms with Gasteiger partial charge < -0.3 is 10.5 Å². The number of benzene rings is 2. The van der Waals surface area contributed by atoms with Crippen molar-refractivity contribution in [3.05, 3.63) is 64.2 Å². The highest BCUT2D eigenvalue weighted by molar-refractivity contribution is 5.39. The number of nitrogens with two attached hydrogens (primary N) is 1. The van der Waals surface area contributed by atoms with Gasteiger partial charge in [-0.25, -0.2) is 0 Å². The summed E-state index contributed by atoms with van der Waals surface area (Å²) in [6.07, 6.45) is -0.102. The zero-order valence-electron chi connectivity index (χ0n) is 12.7. The maximum absolute atomic E-state index is 6.13. The summed E-state index contributed by atoms with van der Waals surface area (Å²) in [6, 6.07) is 12.5. The fraction of sp³-hybridized carbons (Fsp3) is 0.333. The van der Waals surface area contributed by atoms with Crippen LogP contribution >= 0.6 is 0 Å². The van der Waals surface area contributed by atoms with E-state index in [9.17, 15) is 0 Å². The molecule has 2 aromatic carbocycles. The Hall–Kier alpha value is -1.80. The average Bonchev–Trinajstić information content (AvgIpc) is 2.44. The molecule has 0 aliphatic heterocycles. The largest absolute Gasteiger partial charge is 0.484 e. The summed E-state index contributed by atoms with van der Waals surface area (Å²) in [6.45, 7) is 8.87. The molecule has 1 unspecified atom stereocenters. The Morgan fingerprint density at radius 1 is 0.950 bits per heavy atom. The lowest BCUT2D eigenvalue weighted by molar-refractivity contribution is 0.212. The highest BCUT2D eigenvalue weighted by Crippen LogP contribution is 2.27. The van der Waals surface area contributed by atoms with E-state index >= 15 is 0 Å². The molecule has 0 radical (unpaired) electrons. The molecule has 106 valence electrons. The van der Waals surface area contributed by atoms with E-state index in [1.54, 1.807) is 0 Å². The van der Waals surface area contributed by atoms with E-state index in [0.717, 1.165) is 11.3 Å². The van der Waals surface area contributed by atoms with E-state index in [2.05, 4.69) is 52.0 Å². The Morgan fingerprint density at radius 2 is 1.70 bits per heavy atom. The average molecular weight is 269 g/mol. The van der Waals surface area contributed by atoms with Crippen LogP contribution in [0.5, 0.6) is 5.75 Å². The topological polar surface area (TPSA) is 35.2 Å². The Labute approximate surface area is 121 Å². The third-order valence-electron chi connectivity index (χ3n) is 3.94. The summed E-state index contributed by atoms with van der Waals surface area (Å²) < 4.78 is 6.13. The first kappa shape index (κ1) is 14.6. The summed E-state index contributed by atoms with van der Waals surface area (Å²) >= 11 is 0. The van der Waals surface area contributed by atoms with Crippen LogP contribution in [-0.2, 0) is 0 Å². The van der Waals surface area contributed by atoms with Gasteiger partial charge in [0, 0.05) is 6.54 Å². The lowest BCUT2D eigenvalue weighted by Gasteiger charge is -2.20. The quantitative estimate of drug-likeness (QED) is 0.910. The molecule has 2 aromatic rings. The number of aryl methyl sites for hydroxylation is 3. The van der Waals surface area contributed by atoms with Gasteiger partial charge in [0.1, 0.15) is 11.9 Å². The molecule has 1 atom stereocenters. The van der Waals surface area contributed by atoms with Gasteiger partial charge in [-0.2, -0.15) is 0 Å². The van der Waals surface area contributed by atoms with Crippen LogP contribution in [0, 0.1) is 27.7 Å². The van der Waals surface area contributed by atoms with Crippen LogP contribution in [0.3, 0.4) is 0 Å². The van der Waals surface area contributed by atoms with E-state index in [1.165, 1.54) is 22.3 Å². The third-order valence-corrected chi connectivity index (χ3v) is 3.94. The Morgan fingerprint density at radius 3 is 2.35 bits per heavy atom. The van der Waals surface area contributed by atoms with Crippen LogP contribution in [0.25, 0.3) is 0 Å². The molecule has 2 heteroatoms. The van der Waals surface area contributed by atoms with E-state index in [-0.39, 0.29) is 6.10 Å². The van der Waals surface area contributed by atoms with Gasteiger partial charge >= 0.3 is 0 Å². The van der Waals surface area contributed by atoms with Gasteiger partial charge in [0.15, 0.2) is 0 Å². The van der Waals surface area contributed by atoms with Crippen LogP contribution in [0.4, 0.5) is 0 Å². The monoisotopic (exact) mass is 269 g/mol. The minimum absolute atomic E-state index is 0.102. The van der Waals surface area contributed by atoms with Crippen molar-refractivity contribution >= 4 is 0 Å². The molecule has 0 aromatic heterocycles. The minimum Gasteiger partial charge on any atom is -0.484 e. The van der Waals surface area contributed by atoms with Crippen molar-refractivity contribution in [2.75, 3.05) is 6.54 Å². The maximum atomic E-state index is 6.13. The van der Waals surface area contributed by atoms with Crippen molar-refractivity contribution in [3.63, 3.8) is 0 Å². The maximum Gasteiger partial charge on any atom is 0.136 e. The molecule has 2 N–H and O–H groups in total. The van der Waals surface area contributed by atoms with Crippen LogP contribution < -0.4 is 10.5 Å². The first-order chi connectivity index (χ1) is 9.52. The van der Waals surface area contributed by atoms with Crippen molar-refractivity contribution in [1.29, 1.82) is 0 Å². The van der Waals surface area contributed by atoms with Gasteiger partial charge in [-0.05, 0) is 61.6 Å². The van der Waals surface area contributed by atoms with Gasteiger partial charge in [0.25, 0.3) is 0 Å². The molecule has 0 aliphatic carbocycles. The number of hydrogen-bond donors (Lipinski definition) is 1. The predicted molar refractivity (Wildman–Crippen MR) is 84.3 cm³/mol. The summed E-state index contributed by atoms with van der Waals surface area (Å²) in [5.41, 5.74) is 12.0. The molecule has 0 aliphatic rings. The summed E-state index contributed by atoms with van der Waals surface area (Å²) in [7, 11) is 0. The number of hydrogen-bond acceptors (Lipinski definition) is 2. The first-order valence-corrected chi connectivity index (χ1v) is 7.03. The molecule has 0 saturated heterocycles. The van der Waals surface area contributed by atoms with Gasteiger partial charge in [-0.3, -0.25) is 0 Å². The van der Waals surface area contributed by atoms with E-state index in [1.807, 2.05) is 12.1 Å². The smallest absolute Gasteiger partial charge is 0.136 e. The van der Waals surface area contributed by atoms with Crippen LogP contribution in [0.15, 0.2) is 36.4 Å². The summed E-state index contributed by atoms with van der Waals surface area (Å²) in [5.74, 6) is 0.915. The van der Waals surface area contributed by atoms with Crippen LogP contribution in [0.2, 0.25) is 0 Å². The van der Waals surface area contributed by atoms with Gasteiger partial charge in [0.05, 0.1) is 0 Å². The fourth-order valence-electron chi connectivity index (χ4n) is 2.22. The second-order valence-electron chi connectivity index (χ2n) is 5.38. The standard InChI is InChI=1S/C18H23NO/c1-12-8-9-16(10-14(12)3)18(11-19)20-17-7-5-6-13(2)15(17)4/h5-10,18H,11,19H2,1-4H3. The normalized spacial score (nSPS) is 12.2. The molecule has 0 spiro atoms. The zero-order chi connectivity index (χ0) is 14.7. The molecular weight excluding hydrogens is 246 g/mol. The lowest BCUT2D eigenvalue weighted by atomic mass is 10.0. The molecule has 0 fully saturated rings. The SMILES string of the molecule is Cc1ccc(C(CN)Oc2cccc(C)c2C)cc1C. The molecule has 0 heterocycles. The van der Waals surface area contributed by atoms with E-state index in [4.69, 9.17) is 10.5 Å². The first-order valence-electron chi connectivity index (χ1n) is 7.03. The number of rotatable bonds is 4. The Bertz CT molecular complexity index is 604. The molecule has 20 heavy (non-hydrogen) atoms. The third kappa shape index (κ3) is 3.02. The van der Waals surface area contributed by atoms with Crippen molar-refractivity contribution < 1.29 is 4.74 Å². The van der Waals surface area contributed by atoms with Gasteiger partial charge in [-0.15, -0.1) is 0 Å². The second kappa shape index (κ2) is 6.10. The summed E-state index contributed by atoms with van der Waals surface area (Å²) in [5, 5.41) is 0. The van der Waals surface area contributed by atoms with Crippen molar-refractivity contribution in [3.8, 4) is 5.75 Å². The summed E-state index contributed by atoms with van der Waals surface area (Å²) in [4.78, 5) is 0. The highest BCUT2D eigenvalue weighted by atomic mass is 16.5. The van der Waals surface area contributed by atoms with Crippen molar-refractivity contribution in [2.24, 2.45) is 5.73 Å². The molecule has 2 rings (SSSR count). The number of ether oxygens (including phenoxy) is 1. The highest BCUT2D eigenvalue weighted by Gasteiger charge is 2.14. The zero-order valence-corrected chi connectivity index (χ0v) is 12.7. The van der Waals surface area contributed by atoms with E-state index < -0.39 is 0 Å². The Kier molecular flexibility index (Phi) is 4.46. The van der Waals surface area contributed by atoms with Crippen LogP contribution in [-0.4, -0.2) is 6.54 Å². The second-order valence-corrected chi connectivity index (χ2v) is 5.38. The molecule has 0 amide bonds.